The van der Waals surface area contributed by atoms with E-state index < -0.39 is 12.1 Å². The van der Waals surface area contributed by atoms with Gasteiger partial charge in [-0.3, -0.25) is 9.48 Å². The SMILES string of the molecule is Cc1nn(C)c(Sc2cc(O[C@@H](C)C(=O)O)c(Cl)cc2Cl)c1C(=O)N1CCCC1. The summed E-state index contributed by atoms with van der Waals surface area (Å²) in [5.74, 6) is -0.942. The van der Waals surface area contributed by atoms with E-state index in [1.165, 1.54) is 24.8 Å². The molecule has 2 heterocycles. The van der Waals surface area contributed by atoms with Crippen molar-refractivity contribution in [3.05, 3.63) is 33.4 Å². The van der Waals surface area contributed by atoms with E-state index in [9.17, 15) is 9.59 Å². The number of likely N-dealkylation sites (tertiary alicyclic amines) is 1. The van der Waals surface area contributed by atoms with Crippen LogP contribution in [0.2, 0.25) is 10.0 Å². The zero-order valence-corrected chi connectivity index (χ0v) is 18.6. The van der Waals surface area contributed by atoms with Crippen molar-refractivity contribution in [2.24, 2.45) is 7.05 Å². The number of halogens is 2. The number of aliphatic carboxylic acids is 1. The molecule has 29 heavy (non-hydrogen) atoms. The smallest absolute Gasteiger partial charge is 0.344 e. The second-order valence-electron chi connectivity index (χ2n) is 6.80. The number of hydrogen-bond acceptors (Lipinski definition) is 5. The van der Waals surface area contributed by atoms with Crippen molar-refractivity contribution < 1.29 is 19.4 Å². The second-order valence-corrected chi connectivity index (χ2v) is 8.65. The molecule has 0 bridgehead atoms. The molecule has 10 heteroatoms. The summed E-state index contributed by atoms with van der Waals surface area (Å²) < 4.78 is 7.08. The lowest BCUT2D eigenvalue weighted by molar-refractivity contribution is -0.144. The van der Waals surface area contributed by atoms with Crippen molar-refractivity contribution in [2.75, 3.05) is 13.1 Å². The highest BCUT2D eigenvalue weighted by atomic mass is 35.5. The van der Waals surface area contributed by atoms with Crippen LogP contribution < -0.4 is 4.74 Å². The van der Waals surface area contributed by atoms with Gasteiger partial charge in [-0.25, -0.2) is 4.79 Å². The molecule has 1 atom stereocenters. The predicted molar refractivity (Wildman–Crippen MR) is 111 cm³/mol. The van der Waals surface area contributed by atoms with Crippen LogP contribution in [0.15, 0.2) is 22.1 Å². The lowest BCUT2D eigenvalue weighted by Crippen LogP contribution is -2.28. The van der Waals surface area contributed by atoms with Gasteiger partial charge < -0.3 is 14.7 Å². The minimum atomic E-state index is -1.11. The zero-order chi connectivity index (χ0) is 21.3. The Morgan fingerprint density at radius 3 is 2.52 bits per heavy atom. The van der Waals surface area contributed by atoms with E-state index in [0.29, 0.717) is 26.2 Å². The number of amides is 1. The van der Waals surface area contributed by atoms with Crippen LogP contribution in [-0.4, -0.2) is 50.9 Å². The minimum Gasteiger partial charge on any atom is -0.479 e. The molecule has 1 fully saturated rings. The van der Waals surface area contributed by atoms with E-state index in [1.807, 2.05) is 4.90 Å². The van der Waals surface area contributed by atoms with Gasteiger partial charge in [0.15, 0.2) is 6.10 Å². The van der Waals surface area contributed by atoms with E-state index in [4.69, 9.17) is 33.0 Å². The van der Waals surface area contributed by atoms with Crippen LogP contribution >= 0.6 is 35.0 Å². The van der Waals surface area contributed by atoms with Gasteiger partial charge in [0.1, 0.15) is 10.8 Å². The molecule has 0 spiro atoms. The van der Waals surface area contributed by atoms with Gasteiger partial charge in [-0.05, 0) is 38.8 Å². The second kappa shape index (κ2) is 8.85. The molecule has 0 saturated carbocycles. The van der Waals surface area contributed by atoms with Gasteiger partial charge in [0.2, 0.25) is 0 Å². The summed E-state index contributed by atoms with van der Waals surface area (Å²) in [4.78, 5) is 26.6. The molecule has 1 aromatic heterocycles. The number of carbonyl (C=O) groups is 2. The maximum Gasteiger partial charge on any atom is 0.344 e. The van der Waals surface area contributed by atoms with Gasteiger partial charge in [-0.15, -0.1) is 0 Å². The topological polar surface area (TPSA) is 84.7 Å². The number of carbonyl (C=O) groups excluding carboxylic acids is 1. The molecule has 1 N–H and O–H groups in total. The lowest BCUT2D eigenvalue weighted by Gasteiger charge is -2.17. The van der Waals surface area contributed by atoms with Crippen molar-refractivity contribution in [3.8, 4) is 5.75 Å². The quantitative estimate of drug-likeness (QED) is 0.696. The first kappa shape index (κ1) is 21.8. The Balaban J connectivity index is 1.96. The fraction of sp³-hybridized carbons (Fsp3) is 0.421. The third-order valence-corrected chi connectivity index (χ3v) is 6.56. The number of nitrogens with zero attached hydrogens (tertiary/aromatic N) is 3. The van der Waals surface area contributed by atoms with Gasteiger partial charge >= 0.3 is 5.97 Å². The Labute approximate surface area is 182 Å². The maximum absolute atomic E-state index is 13.0. The highest BCUT2D eigenvalue weighted by molar-refractivity contribution is 7.99. The molecule has 0 aliphatic carbocycles. The van der Waals surface area contributed by atoms with E-state index >= 15 is 0 Å². The first-order valence-electron chi connectivity index (χ1n) is 9.08. The molecule has 2 aromatic rings. The minimum absolute atomic E-state index is 0.0448. The number of aromatic nitrogens is 2. The predicted octanol–water partition coefficient (Wildman–Crippen LogP) is 4.27. The molecule has 0 radical (unpaired) electrons. The number of carboxylic acids is 1. The molecule has 156 valence electrons. The Hall–Kier alpha value is -1.90. The van der Waals surface area contributed by atoms with Crippen molar-refractivity contribution in [3.63, 3.8) is 0 Å². The molecule has 3 rings (SSSR count). The number of hydrogen-bond donors (Lipinski definition) is 1. The fourth-order valence-electron chi connectivity index (χ4n) is 3.10. The Kier molecular flexibility index (Phi) is 6.65. The summed E-state index contributed by atoms with van der Waals surface area (Å²) in [5.41, 5.74) is 1.19. The fourth-order valence-corrected chi connectivity index (χ4v) is 4.69. The zero-order valence-electron chi connectivity index (χ0n) is 16.2. The summed E-state index contributed by atoms with van der Waals surface area (Å²) in [6.45, 7) is 4.70. The summed E-state index contributed by atoms with van der Waals surface area (Å²) in [6, 6.07) is 3.09. The maximum atomic E-state index is 13.0. The van der Waals surface area contributed by atoms with Crippen LogP contribution in [0.3, 0.4) is 0 Å². The molecule has 1 aromatic carbocycles. The Morgan fingerprint density at radius 2 is 1.90 bits per heavy atom. The highest BCUT2D eigenvalue weighted by Gasteiger charge is 2.28. The van der Waals surface area contributed by atoms with Crippen molar-refractivity contribution >= 4 is 46.8 Å². The van der Waals surface area contributed by atoms with Crippen LogP contribution in [0.25, 0.3) is 0 Å². The molecule has 1 saturated heterocycles. The third-order valence-electron chi connectivity index (χ3n) is 4.62. The van der Waals surface area contributed by atoms with Gasteiger partial charge in [0.25, 0.3) is 5.91 Å². The molecular formula is C19H21Cl2N3O4S. The van der Waals surface area contributed by atoms with Crippen LogP contribution in [0.1, 0.15) is 35.8 Å². The molecule has 7 nitrogen and oxygen atoms in total. The standard InChI is InChI=1S/C19H21Cl2N3O4S/c1-10-16(17(25)24-6-4-5-7-24)18(23(3)22-10)29-15-9-14(12(20)8-13(15)21)28-11(2)19(26)27/h8-9,11H,4-7H2,1-3H3,(H,26,27)/t11-/m0/s1. The normalized spacial score (nSPS) is 14.9. The monoisotopic (exact) mass is 457 g/mol. The number of aryl methyl sites for hydroxylation is 2. The van der Waals surface area contributed by atoms with Crippen LogP contribution in [0.4, 0.5) is 0 Å². The van der Waals surface area contributed by atoms with E-state index in [2.05, 4.69) is 5.10 Å². The molecule has 0 unspecified atom stereocenters. The largest absolute Gasteiger partial charge is 0.479 e. The van der Waals surface area contributed by atoms with E-state index in [-0.39, 0.29) is 16.7 Å². The average molecular weight is 458 g/mol. The molecule has 1 aliphatic rings. The first-order chi connectivity index (χ1) is 13.7. The van der Waals surface area contributed by atoms with E-state index in [1.54, 1.807) is 24.7 Å². The summed E-state index contributed by atoms with van der Waals surface area (Å²) in [7, 11) is 1.77. The number of benzene rings is 1. The Bertz CT molecular complexity index is 957. The average Bonchev–Trinajstić information content (AvgIpc) is 3.27. The van der Waals surface area contributed by atoms with E-state index in [0.717, 1.165) is 25.9 Å². The van der Waals surface area contributed by atoms with Crippen molar-refractivity contribution in [2.45, 2.75) is 42.7 Å². The molecule has 1 amide bonds. The number of rotatable bonds is 6. The van der Waals surface area contributed by atoms with Crippen LogP contribution in [-0.2, 0) is 11.8 Å². The third kappa shape index (κ3) is 4.65. The van der Waals surface area contributed by atoms with Gasteiger partial charge in [0.05, 0.1) is 21.3 Å². The van der Waals surface area contributed by atoms with Crippen LogP contribution in [0, 0.1) is 6.92 Å². The number of ether oxygens (including phenoxy) is 1. The number of carboxylic acid groups (broad SMARTS) is 1. The summed E-state index contributed by atoms with van der Waals surface area (Å²) in [6.07, 6.45) is 0.927. The van der Waals surface area contributed by atoms with Crippen molar-refractivity contribution in [1.82, 2.24) is 14.7 Å². The van der Waals surface area contributed by atoms with Gasteiger partial charge in [0, 0.05) is 25.0 Å². The molecule has 1 aliphatic heterocycles. The van der Waals surface area contributed by atoms with Gasteiger partial charge in [-0.2, -0.15) is 5.10 Å². The molecular weight excluding hydrogens is 437 g/mol. The summed E-state index contributed by atoms with van der Waals surface area (Å²) >= 11 is 13.8. The highest BCUT2D eigenvalue weighted by Crippen LogP contribution is 2.41. The van der Waals surface area contributed by atoms with Crippen molar-refractivity contribution in [1.29, 1.82) is 0 Å². The van der Waals surface area contributed by atoms with Crippen LogP contribution in [0.5, 0.6) is 5.75 Å². The summed E-state index contributed by atoms with van der Waals surface area (Å²) in [5, 5.41) is 14.7. The Morgan fingerprint density at radius 1 is 1.24 bits per heavy atom. The first-order valence-corrected chi connectivity index (χ1v) is 10.7. The van der Waals surface area contributed by atoms with Gasteiger partial charge in [-0.1, -0.05) is 35.0 Å². The lowest BCUT2D eigenvalue weighted by atomic mass is 10.2.